The number of rotatable bonds is 13. The molecule has 0 aliphatic carbocycles. The Morgan fingerprint density at radius 2 is 1.09 bits per heavy atom. The first kappa shape index (κ1) is 43.7. The molecule has 11 rings (SSSR count). The summed E-state index contributed by atoms with van der Waals surface area (Å²) in [5.74, 6) is 3.28. The number of esters is 1. The van der Waals surface area contributed by atoms with Gasteiger partial charge in [-0.3, -0.25) is 0 Å². The molecule has 70 heavy (non-hydrogen) atoms. The predicted octanol–water partition coefficient (Wildman–Crippen LogP) is 11.0. The fraction of sp³-hybridized carbons (Fsp3) is 0.136. The number of nitrogens with one attached hydrogen (secondary N) is 2. The van der Waals surface area contributed by atoms with E-state index in [4.69, 9.17) is 38.4 Å². The van der Waals surface area contributed by atoms with Crippen LogP contribution in [0.2, 0.25) is 0 Å². The van der Waals surface area contributed by atoms with E-state index in [-0.39, 0.29) is 5.76 Å². The first-order chi connectivity index (χ1) is 34.4. The number of aromatic nitrogens is 2. The third kappa shape index (κ3) is 7.80. The van der Waals surface area contributed by atoms with Gasteiger partial charge < -0.3 is 38.4 Å². The van der Waals surface area contributed by atoms with Crippen LogP contribution in [0.1, 0.15) is 59.2 Å². The summed E-state index contributed by atoms with van der Waals surface area (Å²) in [7, 11) is 3.24. The highest BCUT2D eigenvalue weighted by molar-refractivity contribution is 6.30. The Morgan fingerprint density at radius 1 is 0.514 bits per heavy atom. The summed E-state index contributed by atoms with van der Waals surface area (Å²) >= 11 is 0. The zero-order valence-electron chi connectivity index (χ0n) is 39.3. The number of allylic oxidation sites excluding steroid dienone is 2. The number of hydrogen-bond acceptors (Lipinski definition) is 9. The zero-order chi connectivity index (χ0) is 47.9. The molecule has 3 aliphatic rings. The molecule has 11 nitrogen and oxygen atoms in total. The molecule has 11 heteroatoms. The molecule has 8 bridgehead atoms. The number of benzene rings is 6. The van der Waals surface area contributed by atoms with Crippen molar-refractivity contribution in [3.05, 3.63) is 212 Å². The molecule has 5 heterocycles. The van der Waals surface area contributed by atoms with E-state index >= 15 is 0 Å². The number of carbonyl (C=O) groups is 1. The SMILES string of the molecule is CCOc1ccc(C2=C3C=CC(=N3)C(c3ccc(OCC)cc3)=c3ccc([nH]3)=c3c4c(c(-c5ccc(OC)cc5)c5cc(OCC)ccc35)C(OC(=O)c3ccc(OC)cc3)=C(N=4)c3ccc2[nH]3)cc1. The summed E-state index contributed by atoms with van der Waals surface area (Å²) < 4.78 is 35.8. The number of fused-ring (bicyclic) bond motifs is 9. The summed E-state index contributed by atoms with van der Waals surface area (Å²) in [5.41, 5.74) is 9.68. The maximum atomic E-state index is 14.6. The number of aromatic amines is 2. The van der Waals surface area contributed by atoms with Gasteiger partial charge in [-0.05, 0) is 164 Å². The number of nitrogens with zero attached hydrogens (tertiary/aromatic N) is 2. The molecule has 0 fully saturated rings. The van der Waals surface area contributed by atoms with Gasteiger partial charge in [-0.25, -0.2) is 14.8 Å². The first-order valence-corrected chi connectivity index (χ1v) is 23.3. The van der Waals surface area contributed by atoms with Crippen LogP contribution >= 0.6 is 0 Å². The minimum atomic E-state index is -0.559. The van der Waals surface area contributed by atoms with Gasteiger partial charge in [-0.15, -0.1) is 0 Å². The Kier molecular flexibility index (Phi) is 11.5. The Balaban J connectivity index is 1.29. The fourth-order valence-electron chi connectivity index (χ4n) is 9.47. The van der Waals surface area contributed by atoms with Crippen molar-refractivity contribution in [3.63, 3.8) is 0 Å². The summed E-state index contributed by atoms with van der Waals surface area (Å²) in [5, 5.41) is 4.86. The molecule has 346 valence electrons. The lowest BCUT2D eigenvalue weighted by molar-refractivity contribution is 0.0693. The van der Waals surface area contributed by atoms with Crippen molar-refractivity contribution in [2.75, 3.05) is 34.0 Å². The predicted molar refractivity (Wildman–Crippen MR) is 273 cm³/mol. The van der Waals surface area contributed by atoms with Crippen LogP contribution in [0.4, 0.5) is 0 Å². The van der Waals surface area contributed by atoms with E-state index in [1.807, 2.05) is 99.6 Å². The lowest BCUT2D eigenvalue weighted by Crippen LogP contribution is -2.16. The van der Waals surface area contributed by atoms with Crippen LogP contribution in [0.5, 0.6) is 28.7 Å². The molecule has 0 amide bonds. The highest BCUT2D eigenvalue weighted by Crippen LogP contribution is 2.43. The van der Waals surface area contributed by atoms with Crippen molar-refractivity contribution in [1.82, 2.24) is 9.97 Å². The molecule has 0 saturated heterocycles. The number of hydrogen-bond donors (Lipinski definition) is 2. The number of H-pyrrole nitrogens is 2. The molecule has 0 radical (unpaired) electrons. The zero-order valence-corrected chi connectivity index (χ0v) is 39.3. The van der Waals surface area contributed by atoms with Crippen LogP contribution in [0.3, 0.4) is 0 Å². The normalized spacial score (nSPS) is 13.4. The molecular formula is C59H48N4O7. The van der Waals surface area contributed by atoms with E-state index < -0.39 is 5.97 Å². The minimum absolute atomic E-state index is 0.289. The molecule has 6 aromatic carbocycles. The molecule has 0 atom stereocenters. The summed E-state index contributed by atoms with van der Waals surface area (Å²) in [4.78, 5) is 33.2. The number of methoxy groups -OCH3 is 2. The van der Waals surface area contributed by atoms with Crippen molar-refractivity contribution in [2.24, 2.45) is 9.98 Å². The number of carbonyl (C=O) groups excluding carboxylic acids is 1. The van der Waals surface area contributed by atoms with Gasteiger partial charge in [0, 0.05) is 38.3 Å². The van der Waals surface area contributed by atoms with Gasteiger partial charge in [-0.1, -0.05) is 36.4 Å². The van der Waals surface area contributed by atoms with Gasteiger partial charge in [0.25, 0.3) is 0 Å². The fourth-order valence-corrected chi connectivity index (χ4v) is 9.47. The lowest BCUT2D eigenvalue weighted by Gasteiger charge is -2.17. The van der Waals surface area contributed by atoms with Crippen molar-refractivity contribution >= 4 is 45.1 Å². The van der Waals surface area contributed by atoms with Crippen LogP contribution in [-0.4, -0.2) is 55.7 Å². The quantitative estimate of drug-likeness (QED) is 0.110. The average molecular weight is 925 g/mol. The van der Waals surface area contributed by atoms with E-state index in [9.17, 15) is 4.79 Å². The Hall–Kier alpha value is -8.83. The van der Waals surface area contributed by atoms with Gasteiger partial charge in [0.2, 0.25) is 0 Å². The van der Waals surface area contributed by atoms with Gasteiger partial charge in [0.05, 0.1) is 67.6 Å². The van der Waals surface area contributed by atoms with Gasteiger partial charge >= 0.3 is 5.97 Å². The van der Waals surface area contributed by atoms with Crippen molar-refractivity contribution < 1.29 is 33.2 Å². The first-order valence-electron chi connectivity index (χ1n) is 23.3. The molecule has 2 N–H and O–H groups in total. The molecule has 8 aromatic rings. The Bertz CT molecular complexity index is 3730. The van der Waals surface area contributed by atoms with E-state index in [1.165, 1.54) is 0 Å². The third-order valence-electron chi connectivity index (χ3n) is 12.6. The number of ether oxygens (including phenoxy) is 6. The van der Waals surface area contributed by atoms with Crippen LogP contribution in [-0.2, 0) is 4.74 Å². The monoisotopic (exact) mass is 924 g/mol. The summed E-state index contributed by atoms with van der Waals surface area (Å²) in [6, 6.07) is 45.2. The second-order valence-electron chi connectivity index (χ2n) is 16.7. The van der Waals surface area contributed by atoms with Crippen LogP contribution in [0.25, 0.3) is 44.5 Å². The summed E-state index contributed by atoms with van der Waals surface area (Å²) in [6.07, 6.45) is 4.12. The van der Waals surface area contributed by atoms with Crippen LogP contribution in [0.15, 0.2) is 167 Å². The lowest BCUT2D eigenvalue weighted by atomic mass is 9.90. The largest absolute Gasteiger partial charge is 0.497 e. The molecule has 0 saturated carbocycles. The second kappa shape index (κ2) is 18.3. The molecule has 0 spiro atoms. The molecule has 2 aromatic heterocycles. The van der Waals surface area contributed by atoms with Gasteiger partial charge in [0.15, 0.2) is 5.76 Å². The topological polar surface area (TPSA) is 129 Å². The second-order valence-corrected chi connectivity index (χ2v) is 16.7. The average Bonchev–Trinajstić information content (AvgIpc) is 4.24. The van der Waals surface area contributed by atoms with Crippen molar-refractivity contribution in [1.29, 1.82) is 0 Å². The highest BCUT2D eigenvalue weighted by atomic mass is 16.5. The standard InChI is InChI=1S/C59H48N4O7/c1-6-67-40-21-11-35(12-22-40)52-45-27-28-46(60-45)53(36-13-23-41(24-14-36)68-7-2)48-31-32-50(62-48)56-58(70-59(64)37-15-19-39(66-5)20-16-37)55-51(34-9-17-38(65-4)18-10-34)44-33-42(69-8-3)25-26-43(44)54(57(55)63-56)49-30-29-47(52)61-49/h9-33,61-62H,6-8H2,1-5H3. The maximum Gasteiger partial charge on any atom is 0.343 e. The Labute approximate surface area is 403 Å². The molecule has 3 aliphatic heterocycles. The van der Waals surface area contributed by atoms with Gasteiger partial charge in [-0.2, -0.15) is 0 Å². The number of aliphatic imine (C=N–C) groups is 1. The smallest absolute Gasteiger partial charge is 0.343 e. The van der Waals surface area contributed by atoms with E-state index in [0.29, 0.717) is 64.9 Å². The van der Waals surface area contributed by atoms with Crippen molar-refractivity contribution in [3.8, 4) is 39.9 Å². The molecule has 0 unspecified atom stereocenters. The van der Waals surface area contributed by atoms with E-state index in [2.05, 4.69) is 58.5 Å². The van der Waals surface area contributed by atoms with Crippen LogP contribution in [0, 0.1) is 10.6 Å². The maximum absolute atomic E-state index is 14.6. The third-order valence-corrected chi connectivity index (χ3v) is 12.6. The van der Waals surface area contributed by atoms with E-state index in [0.717, 1.165) is 88.7 Å². The van der Waals surface area contributed by atoms with Crippen molar-refractivity contribution in [2.45, 2.75) is 20.8 Å². The minimum Gasteiger partial charge on any atom is -0.497 e. The van der Waals surface area contributed by atoms with E-state index in [1.54, 1.807) is 38.5 Å². The molecular weight excluding hydrogens is 877 g/mol. The Morgan fingerprint density at radius 3 is 1.74 bits per heavy atom. The summed E-state index contributed by atoms with van der Waals surface area (Å²) in [6.45, 7) is 7.49. The highest BCUT2D eigenvalue weighted by Gasteiger charge is 2.32. The van der Waals surface area contributed by atoms with Crippen LogP contribution < -0.4 is 34.4 Å². The van der Waals surface area contributed by atoms with Gasteiger partial charge in [0.1, 0.15) is 34.4 Å².